The Bertz CT molecular complexity index is 2460. The Hall–Kier alpha value is -1.31. The first-order valence-electron chi connectivity index (χ1n) is 22.7. The molecule has 8 aromatic carbocycles. The van der Waals surface area contributed by atoms with Gasteiger partial charge in [0.2, 0.25) is 0 Å². The van der Waals surface area contributed by atoms with Gasteiger partial charge in [-0.05, 0) is 58.1 Å². The molecule has 0 fully saturated rings. The number of nitrogens with zero attached hydrogens (tertiary/aromatic N) is 2. The van der Waals surface area contributed by atoms with E-state index in [1.165, 1.54) is 42.4 Å². The van der Waals surface area contributed by atoms with Crippen LogP contribution in [-0.4, -0.2) is 46.0 Å². The van der Waals surface area contributed by atoms with Crippen LogP contribution in [0.4, 0.5) is 0 Å². The van der Waals surface area contributed by atoms with E-state index in [0.717, 1.165) is 37.4 Å². The van der Waals surface area contributed by atoms with Crippen LogP contribution in [0.5, 0.6) is 0 Å². The van der Waals surface area contributed by atoms with Crippen molar-refractivity contribution in [2.75, 3.05) is 37.1 Å². The molecule has 8 aromatic rings. The Morgan fingerprint density at radius 3 is 0.736 bits per heavy atom. The van der Waals surface area contributed by atoms with E-state index in [0.29, 0.717) is 0 Å². The Morgan fingerprint density at radius 1 is 0.375 bits per heavy atom. The van der Waals surface area contributed by atoms with Crippen LogP contribution in [0, 0.1) is 0 Å². The topological polar surface area (TPSA) is 6.48 Å². The third-order valence-electron chi connectivity index (χ3n) is 11.0. The second-order valence-corrected chi connectivity index (χ2v) is 40.8. The molecule has 0 spiro atoms. The standard InChI is InChI=1S/2C28H29NP2S2.4ClH.2Ni/c2*1-33-24-14-23-29(30(25-15-6-2-7-16-25)26-17-8-3-9-18-26)31(32,27-19-10-4-11-20-27)28-21-12-5-13-22-28;;;;;;/h2*2-13,15-22H,14,23-24H2,1H3;4*1H;;/q;;;;;;2*+2/p-4. The van der Waals surface area contributed by atoms with Crippen LogP contribution in [0.3, 0.4) is 0 Å². The maximum atomic E-state index is 6.83. The van der Waals surface area contributed by atoms with E-state index in [2.05, 4.69) is 264 Å². The van der Waals surface area contributed by atoms with Crippen molar-refractivity contribution in [3.05, 3.63) is 243 Å². The van der Waals surface area contributed by atoms with E-state index in [4.69, 9.17) is 64.4 Å². The van der Waals surface area contributed by atoms with Gasteiger partial charge in [-0.2, -0.15) is 23.5 Å². The molecule has 0 radical (unpaired) electrons. The van der Waals surface area contributed by atoms with Crippen molar-refractivity contribution in [3.63, 3.8) is 0 Å². The van der Waals surface area contributed by atoms with Gasteiger partial charge in [-0.25, -0.2) is 8.88 Å². The van der Waals surface area contributed by atoms with Crippen molar-refractivity contribution in [3.8, 4) is 0 Å². The molecule has 0 aromatic heterocycles. The van der Waals surface area contributed by atoms with Gasteiger partial charge in [0.15, 0.2) is 0 Å². The predicted octanol–water partition coefficient (Wildman–Crippen LogP) is 15.0. The molecular weight excluding hydrogens is 1210 g/mol. The summed E-state index contributed by atoms with van der Waals surface area (Å²) >= 11 is 17.5. The van der Waals surface area contributed by atoms with Gasteiger partial charge in [0, 0.05) is 50.5 Å². The van der Waals surface area contributed by atoms with E-state index < -0.39 is 37.3 Å². The first kappa shape index (κ1) is 61.5. The van der Waals surface area contributed by atoms with Gasteiger partial charge >= 0.3 is 66.1 Å². The molecule has 16 heteroatoms. The van der Waals surface area contributed by atoms with Gasteiger partial charge in [-0.3, -0.25) is 0 Å². The summed E-state index contributed by atoms with van der Waals surface area (Å²) in [5, 5.41) is 10.4. The molecule has 72 heavy (non-hydrogen) atoms. The molecule has 0 atom stereocenters. The SMILES string of the molecule is CSCCCN(P(c1ccccc1)c1ccccc1)P(=S)(c1ccccc1)c1ccccc1.CSCCCN(P(c1ccccc1)c1ccccc1)P(=S)(c1ccccc1)c1ccccc1.[Cl][Ni-2]([Cl])([Cl])[Cl].[Ni+2]. The number of rotatable bonds is 20. The number of hydrogen-bond acceptors (Lipinski definition) is 4. The van der Waals surface area contributed by atoms with Crippen LogP contribution in [0.25, 0.3) is 0 Å². The van der Waals surface area contributed by atoms with Crippen molar-refractivity contribution in [2.24, 2.45) is 0 Å². The zero-order valence-electron chi connectivity index (χ0n) is 39.8. The van der Waals surface area contributed by atoms with Crippen molar-refractivity contribution in [1.82, 2.24) is 8.88 Å². The van der Waals surface area contributed by atoms with Gasteiger partial charge in [0.25, 0.3) is 0 Å². The van der Waals surface area contributed by atoms with E-state index in [1.54, 1.807) is 0 Å². The van der Waals surface area contributed by atoms with Crippen molar-refractivity contribution in [2.45, 2.75) is 12.8 Å². The fourth-order valence-corrected chi connectivity index (χ4v) is 25.5. The van der Waals surface area contributed by atoms with Crippen LogP contribution in [0.1, 0.15) is 12.8 Å². The summed E-state index contributed by atoms with van der Waals surface area (Å²) in [7, 11) is 15.7. The predicted molar refractivity (Wildman–Crippen MR) is 334 cm³/mol. The van der Waals surface area contributed by atoms with E-state index in [1.807, 2.05) is 23.5 Å². The molecule has 0 amide bonds. The summed E-state index contributed by atoms with van der Waals surface area (Å²) in [6.45, 7) is 1.94. The van der Waals surface area contributed by atoms with Crippen LogP contribution >= 0.6 is 92.8 Å². The van der Waals surface area contributed by atoms with Gasteiger partial charge in [0.1, 0.15) is 0 Å². The Labute approximate surface area is 480 Å². The molecule has 384 valence electrons. The molecule has 0 aliphatic rings. The average molecular weight is 1270 g/mol. The second kappa shape index (κ2) is 32.4. The van der Waals surface area contributed by atoms with Gasteiger partial charge < -0.3 is 0 Å². The Balaban J connectivity index is 0.000000241. The minimum atomic E-state index is -2.36. The summed E-state index contributed by atoms with van der Waals surface area (Å²) in [5.74, 6) is 2.25. The summed E-state index contributed by atoms with van der Waals surface area (Å²) in [6, 6.07) is 87.1. The smallest absolute Gasteiger partial charge is 2.00 e. The maximum Gasteiger partial charge on any atom is 2.00 e. The van der Waals surface area contributed by atoms with Crippen LogP contribution in [-0.2, 0) is 48.9 Å². The molecule has 0 heterocycles. The van der Waals surface area contributed by atoms with E-state index in [-0.39, 0.29) is 16.5 Å². The summed E-state index contributed by atoms with van der Waals surface area (Å²) in [4.78, 5) is 0. The van der Waals surface area contributed by atoms with Gasteiger partial charge in [-0.15, -0.1) is 0 Å². The van der Waals surface area contributed by atoms with Crippen molar-refractivity contribution in [1.29, 1.82) is 0 Å². The first-order valence-corrected chi connectivity index (χ1v) is 39.1. The first-order chi connectivity index (χ1) is 34.5. The summed E-state index contributed by atoms with van der Waals surface area (Å²) < 4.78 is 5.42. The fraction of sp³-hybridized carbons (Fsp3) is 0.143. The number of benzene rings is 8. The van der Waals surface area contributed by atoms with Gasteiger partial charge in [0.05, 0.1) is 12.4 Å². The van der Waals surface area contributed by atoms with Crippen LogP contribution in [0.15, 0.2) is 243 Å². The molecule has 0 saturated carbocycles. The van der Waals surface area contributed by atoms with E-state index in [9.17, 15) is 0 Å². The quantitative estimate of drug-likeness (QED) is 0.0423. The molecule has 0 bridgehead atoms. The monoisotopic (exact) mass is 1270 g/mol. The molecule has 0 aliphatic heterocycles. The molecular formula is C56H58Cl4N2Ni2P4S4. The molecule has 8 rings (SSSR count). The minimum absolute atomic E-state index is 0. The van der Waals surface area contributed by atoms with Gasteiger partial charge in [-0.1, -0.05) is 266 Å². The average Bonchev–Trinajstić information content (AvgIpc) is 3.42. The largest absolute Gasteiger partial charge is 2.00 e. The zero-order valence-corrected chi connectivity index (χ0v) is 51.6. The van der Waals surface area contributed by atoms with E-state index >= 15 is 0 Å². The maximum absolute atomic E-state index is 6.83. The van der Waals surface area contributed by atoms with Crippen molar-refractivity contribution < 1.29 is 25.3 Å². The third-order valence-corrected chi connectivity index (χ3v) is 29.6. The molecule has 0 N–H and O–H groups in total. The normalized spacial score (nSPS) is 11.8. The number of hydrogen-bond donors (Lipinski definition) is 0. The second-order valence-electron chi connectivity index (χ2n) is 15.6. The summed E-state index contributed by atoms with van der Waals surface area (Å²) in [6.07, 6.45) is 2.04. The zero-order chi connectivity index (χ0) is 50.4. The molecule has 0 aliphatic carbocycles. The van der Waals surface area contributed by atoms with Crippen molar-refractivity contribution >= 4 is 159 Å². The Kier molecular flexibility index (Phi) is 27.7. The molecule has 2 nitrogen and oxygen atoms in total. The molecule has 0 saturated heterocycles. The number of thioether (sulfide) groups is 2. The Morgan fingerprint density at radius 2 is 0.556 bits per heavy atom. The minimum Gasteiger partial charge on any atom is 2.00 e. The van der Waals surface area contributed by atoms with Crippen LogP contribution < -0.4 is 42.4 Å². The van der Waals surface area contributed by atoms with Crippen LogP contribution in [0.2, 0.25) is 0 Å². The molecule has 0 unspecified atom stereocenters. The summed E-state index contributed by atoms with van der Waals surface area (Å²) in [5.41, 5.74) is 0. The third kappa shape index (κ3) is 17.9. The number of halogens is 4. The fourth-order valence-electron chi connectivity index (χ4n) is 7.89.